The van der Waals surface area contributed by atoms with E-state index in [9.17, 15) is 14.7 Å². The molecule has 1 saturated carbocycles. The first-order valence-corrected chi connectivity index (χ1v) is 7.30. The highest BCUT2D eigenvalue weighted by atomic mass is 16.4. The molecule has 1 aliphatic carbocycles. The van der Waals surface area contributed by atoms with E-state index in [1.807, 2.05) is 0 Å². The Morgan fingerprint density at radius 1 is 1.16 bits per heavy atom. The Labute approximate surface area is 115 Å². The van der Waals surface area contributed by atoms with Crippen LogP contribution in [0.5, 0.6) is 0 Å². The molecule has 4 nitrogen and oxygen atoms in total. The van der Waals surface area contributed by atoms with Gasteiger partial charge in [0.2, 0.25) is 5.91 Å². The van der Waals surface area contributed by atoms with E-state index in [4.69, 9.17) is 0 Å². The monoisotopic (exact) mass is 267 g/mol. The van der Waals surface area contributed by atoms with Gasteiger partial charge in [-0.2, -0.15) is 0 Å². The van der Waals surface area contributed by atoms with Gasteiger partial charge in [0, 0.05) is 13.1 Å². The Kier molecular flexibility index (Phi) is 3.63. The van der Waals surface area contributed by atoms with Crippen LogP contribution in [0, 0.1) is 16.7 Å². The van der Waals surface area contributed by atoms with Crippen molar-refractivity contribution in [3.05, 3.63) is 0 Å². The third-order valence-corrected chi connectivity index (χ3v) is 5.03. The predicted octanol–water partition coefficient (Wildman–Crippen LogP) is 2.53. The highest BCUT2D eigenvalue weighted by Gasteiger charge is 2.53. The number of amides is 1. The van der Waals surface area contributed by atoms with Gasteiger partial charge < -0.3 is 10.0 Å². The fraction of sp³-hybridized carbons (Fsp3) is 0.867. The average Bonchev–Trinajstić information content (AvgIpc) is 2.25. The molecule has 1 amide bonds. The molecule has 0 atom stereocenters. The highest BCUT2D eigenvalue weighted by Crippen LogP contribution is 2.44. The predicted molar refractivity (Wildman–Crippen MR) is 72.7 cm³/mol. The second-order valence-corrected chi connectivity index (χ2v) is 7.17. The van der Waals surface area contributed by atoms with E-state index >= 15 is 0 Å². The number of aliphatic carboxylic acids is 1. The molecule has 1 N–H and O–H groups in total. The third-order valence-electron chi connectivity index (χ3n) is 5.03. The molecule has 1 aliphatic heterocycles. The third kappa shape index (κ3) is 2.49. The van der Waals surface area contributed by atoms with E-state index in [1.165, 1.54) is 0 Å². The first-order chi connectivity index (χ1) is 8.77. The molecule has 0 radical (unpaired) electrons. The maximum absolute atomic E-state index is 12.4. The lowest BCUT2D eigenvalue weighted by Gasteiger charge is -2.44. The minimum absolute atomic E-state index is 0.140. The van der Waals surface area contributed by atoms with Crippen molar-refractivity contribution < 1.29 is 14.7 Å². The van der Waals surface area contributed by atoms with Crippen molar-refractivity contribution in [2.24, 2.45) is 16.7 Å². The lowest BCUT2D eigenvalue weighted by Crippen LogP contribution is -2.54. The lowest BCUT2D eigenvalue weighted by atomic mass is 9.67. The fourth-order valence-electron chi connectivity index (χ4n) is 3.30. The number of nitrogens with zero attached hydrogens (tertiary/aromatic N) is 1. The normalized spacial score (nSPS) is 23.8. The number of carboxylic acids is 1. The number of hydrogen-bond donors (Lipinski definition) is 1. The summed E-state index contributed by atoms with van der Waals surface area (Å²) in [7, 11) is 0. The van der Waals surface area contributed by atoms with Crippen LogP contribution in [0.3, 0.4) is 0 Å². The molecule has 0 spiro atoms. The van der Waals surface area contributed by atoms with E-state index in [0.717, 1.165) is 32.4 Å². The minimum atomic E-state index is -1.09. The van der Waals surface area contributed by atoms with Crippen LogP contribution in [-0.4, -0.2) is 35.0 Å². The van der Waals surface area contributed by atoms with Crippen LogP contribution in [0.2, 0.25) is 0 Å². The van der Waals surface area contributed by atoms with Crippen molar-refractivity contribution in [1.82, 2.24) is 4.90 Å². The molecule has 0 aromatic carbocycles. The summed E-state index contributed by atoms with van der Waals surface area (Å²) < 4.78 is 0. The fourth-order valence-corrected chi connectivity index (χ4v) is 3.30. The molecule has 19 heavy (non-hydrogen) atoms. The largest absolute Gasteiger partial charge is 0.480 e. The summed E-state index contributed by atoms with van der Waals surface area (Å²) >= 11 is 0. The molecule has 0 aromatic rings. The average molecular weight is 267 g/mol. The maximum atomic E-state index is 12.4. The van der Waals surface area contributed by atoms with E-state index in [-0.39, 0.29) is 11.3 Å². The van der Waals surface area contributed by atoms with Crippen LogP contribution in [0.15, 0.2) is 0 Å². The first-order valence-electron chi connectivity index (χ1n) is 7.30. The summed E-state index contributed by atoms with van der Waals surface area (Å²) in [6.45, 7) is 8.14. The van der Waals surface area contributed by atoms with Crippen molar-refractivity contribution in [2.75, 3.05) is 13.1 Å². The summed E-state index contributed by atoms with van der Waals surface area (Å²) in [4.78, 5) is 25.6. The van der Waals surface area contributed by atoms with E-state index in [1.54, 1.807) is 4.90 Å². The summed E-state index contributed by atoms with van der Waals surface area (Å²) in [5, 5.41) is 9.32. The second-order valence-electron chi connectivity index (χ2n) is 7.17. The zero-order chi connectivity index (χ0) is 14.3. The summed E-state index contributed by atoms with van der Waals surface area (Å²) in [5.74, 6) is -0.445. The van der Waals surface area contributed by atoms with E-state index in [0.29, 0.717) is 18.8 Å². The zero-order valence-electron chi connectivity index (χ0n) is 12.2. The number of piperidine rings is 1. The zero-order valence-corrected chi connectivity index (χ0v) is 12.2. The van der Waals surface area contributed by atoms with Gasteiger partial charge in [-0.15, -0.1) is 0 Å². The molecule has 2 rings (SSSR count). The van der Waals surface area contributed by atoms with Gasteiger partial charge in [-0.3, -0.25) is 9.59 Å². The number of carboxylic acid groups (broad SMARTS) is 1. The Morgan fingerprint density at radius 3 is 2.00 bits per heavy atom. The molecular formula is C15H25NO3. The Hall–Kier alpha value is -1.06. The molecule has 2 aliphatic rings. The van der Waals surface area contributed by atoms with Gasteiger partial charge in [0.05, 0.1) is 0 Å². The molecule has 1 heterocycles. The van der Waals surface area contributed by atoms with Gasteiger partial charge in [-0.25, -0.2) is 0 Å². The standard InChI is InChI=1S/C15H25NO3/c1-14(2,3)11-5-9-16(10-6-11)12(17)15(13(18)19)7-4-8-15/h11H,4-10H2,1-3H3,(H,18,19). The van der Waals surface area contributed by atoms with Crippen LogP contribution >= 0.6 is 0 Å². The molecule has 1 saturated heterocycles. The second kappa shape index (κ2) is 4.80. The first kappa shape index (κ1) is 14.4. The van der Waals surface area contributed by atoms with Gasteiger partial charge in [-0.1, -0.05) is 27.2 Å². The molecule has 108 valence electrons. The number of carbonyl (C=O) groups is 2. The highest BCUT2D eigenvalue weighted by molar-refractivity contribution is 6.02. The molecule has 0 unspecified atom stereocenters. The number of rotatable bonds is 2. The van der Waals surface area contributed by atoms with Crippen LogP contribution in [-0.2, 0) is 9.59 Å². The van der Waals surface area contributed by atoms with Crippen molar-refractivity contribution in [3.8, 4) is 0 Å². The Morgan fingerprint density at radius 2 is 1.68 bits per heavy atom. The van der Waals surface area contributed by atoms with Crippen LogP contribution < -0.4 is 0 Å². The van der Waals surface area contributed by atoms with Crippen LogP contribution in [0.4, 0.5) is 0 Å². The SMILES string of the molecule is CC(C)(C)C1CCN(C(=O)C2(C(=O)O)CCC2)CC1. The van der Waals surface area contributed by atoms with Gasteiger partial charge in [0.15, 0.2) is 0 Å². The molecule has 4 heteroatoms. The number of hydrogen-bond acceptors (Lipinski definition) is 2. The number of likely N-dealkylation sites (tertiary alicyclic amines) is 1. The van der Waals surface area contributed by atoms with Crippen LogP contribution in [0.25, 0.3) is 0 Å². The topological polar surface area (TPSA) is 57.6 Å². The lowest BCUT2D eigenvalue weighted by molar-refractivity contribution is -0.168. The van der Waals surface area contributed by atoms with Gasteiger partial charge >= 0.3 is 5.97 Å². The summed E-state index contributed by atoms with van der Waals surface area (Å²) in [5.41, 5.74) is -0.815. The minimum Gasteiger partial charge on any atom is -0.480 e. The maximum Gasteiger partial charge on any atom is 0.319 e. The van der Waals surface area contributed by atoms with Gasteiger partial charge in [0.25, 0.3) is 0 Å². The van der Waals surface area contributed by atoms with Crippen molar-refractivity contribution in [3.63, 3.8) is 0 Å². The van der Waals surface area contributed by atoms with Gasteiger partial charge in [0.1, 0.15) is 5.41 Å². The van der Waals surface area contributed by atoms with E-state index < -0.39 is 11.4 Å². The quantitative estimate of drug-likeness (QED) is 0.782. The number of carbonyl (C=O) groups excluding carboxylic acids is 1. The summed E-state index contributed by atoms with van der Waals surface area (Å²) in [6, 6.07) is 0. The molecular weight excluding hydrogens is 242 g/mol. The molecule has 0 bridgehead atoms. The van der Waals surface area contributed by atoms with Crippen molar-refractivity contribution >= 4 is 11.9 Å². The van der Waals surface area contributed by atoms with Gasteiger partial charge in [-0.05, 0) is 37.0 Å². The Bertz CT molecular complexity index is 371. The molecule has 0 aromatic heterocycles. The Balaban J connectivity index is 1.98. The summed E-state index contributed by atoms with van der Waals surface area (Å²) in [6.07, 6.45) is 3.87. The van der Waals surface area contributed by atoms with E-state index in [2.05, 4.69) is 20.8 Å². The van der Waals surface area contributed by atoms with Crippen molar-refractivity contribution in [1.29, 1.82) is 0 Å². The molecule has 2 fully saturated rings. The van der Waals surface area contributed by atoms with Crippen molar-refractivity contribution in [2.45, 2.75) is 52.9 Å². The smallest absolute Gasteiger partial charge is 0.319 e. The van der Waals surface area contributed by atoms with Crippen LogP contribution in [0.1, 0.15) is 52.9 Å².